The van der Waals surface area contributed by atoms with E-state index in [1.54, 1.807) is 6.92 Å². The van der Waals surface area contributed by atoms with E-state index < -0.39 is 0 Å². The molecule has 0 saturated carbocycles. The molecule has 0 radical (unpaired) electrons. The molecular weight excluding hydrogens is 338 g/mol. The number of hydrogen-bond donors (Lipinski definition) is 1. The van der Waals surface area contributed by atoms with Gasteiger partial charge in [-0.2, -0.15) is 0 Å². The third-order valence-corrected chi connectivity index (χ3v) is 4.88. The molecule has 4 rings (SSSR count). The fraction of sp³-hybridized carbons (Fsp3) is 0.273. The van der Waals surface area contributed by atoms with Gasteiger partial charge in [-0.15, -0.1) is 0 Å². The number of ketones is 1. The van der Waals surface area contributed by atoms with Gasteiger partial charge in [0.1, 0.15) is 5.75 Å². The van der Waals surface area contributed by atoms with Gasteiger partial charge in [0.05, 0.1) is 23.7 Å². The zero-order valence-electron chi connectivity index (χ0n) is 15.8. The minimum Gasteiger partial charge on any atom is -0.494 e. The summed E-state index contributed by atoms with van der Waals surface area (Å²) in [6.07, 6.45) is 0.969. The Bertz CT molecular complexity index is 1030. The number of nitrogens with one attached hydrogen (secondary N) is 1. The number of Topliss-reactive ketones (excluding diaryl/α,β-unsaturated/α-hetero) is 1. The van der Waals surface area contributed by atoms with Crippen molar-refractivity contribution in [1.82, 2.24) is 9.55 Å². The first kappa shape index (κ1) is 17.3. The Labute approximate surface area is 158 Å². The van der Waals surface area contributed by atoms with Crippen LogP contribution in [-0.2, 0) is 4.79 Å². The molecule has 27 heavy (non-hydrogen) atoms. The Hall–Kier alpha value is -3.08. The minimum atomic E-state index is -0.216. The number of para-hydroxylation sites is 2. The van der Waals surface area contributed by atoms with Crippen molar-refractivity contribution in [3.8, 4) is 5.75 Å². The van der Waals surface area contributed by atoms with E-state index in [4.69, 9.17) is 9.72 Å². The summed E-state index contributed by atoms with van der Waals surface area (Å²) in [7, 11) is 0. The molecule has 5 nitrogen and oxygen atoms in total. The zero-order valence-corrected chi connectivity index (χ0v) is 15.8. The van der Waals surface area contributed by atoms with Crippen molar-refractivity contribution in [2.75, 3.05) is 11.9 Å². The summed E-state index contributed by atoms with van der Waals surface area (Å²) >= 11 is 0. The van der Waals surface area contributed by atoms with Gasteiger partial charge in [0.15, 0.2) is 5.78 Å². The van der Waals surface area contributed by atoms with Gasteiger partial charge in [-0.1, -0.05) is 31.2 Å². The summed E-state index contributed by atoms with van der Waals surface area (Å²) in [5, 5.41) is 3.31. The Morgan fingerprint density at radius 1 is 1.19 bits per heavy atom. The number of nitrogens with zero attached hydrogens (tertiary/aromatic N) is 2. The first-order valence-corrected chi connectivity index (χ1v) is 9.28. The molecule has 1 N–H and O–H groups in total. The smallest absolute Gasteiger partial charge is 0.209 e. The summed E-state index contributed by atoms with van der Waals surface area (Å²) in [5.74, 6) is 1.66. The molecule has 0 fully saturated rings. The van der Waals surface area contributed by atoms with Gasteiger partial charge in [0.2, 0.25) is 5.95 Å². The van der Waals surface area contributed by atoms with E-state index in [1.807, 2.05) is 55.5 Å². The number of rotatable bonds is 5. The number of fused-ring (bicyclic) bond motifs is 3. The van der Waals surface area contributed by atoms with Gasteiger partial charge in [-0.05, 0) is 50.1 Å². The molecule has 0 amide bonds. The first-order valence-electron chi connectivity index (χ1n) is 9.28. The Morgan fingerprint density at radius 3 is 2.63 bits per heavy atom. The van der Waals surface area contributed by atoms with Crippen LogP contribution in [0.4, 0.5) is 5.95 Å². The van der Waals surface area contributed by atoms with Crippen molar-refractivity contribution in [3.05, 3.63) is 65.4 Å². The summed E-state index contributed by atoms with van der Waals surface area (Å²) in [6.45, 7) is 6.34. The van der Waals surface area contributed by atoms with Gasteiger partial charge in [-0.25, -0.2) is 4.98 Å². The number of carbonyl (C=O) groups is 1. The molecule has 3 aromatic rings. The lowest BCUT2D eigenvalue weighted by Gasteiger charge is -2.30. The molecule has 138 valence electrons. The lowest BCUT2D eigenvalue weighted by molar-refractivity contribution is -0.114. The Balaban J connectivity index is 1.87. The molecule has 1 aliphatic heterocycles. The molecule has 0 spiro atoms. The fourth-order valence-electron chi connectivity index (χ4n) is 3.70. The third-order valence-electron chi connectivity index (χ3n) is 4.88. The normalized spacial score (nSPS) is 16.2. The van der Waals surface area contributed by atoms with Crippen LogP contribution >= 0.6 is 0 Å². The highest BCUT2D eigenvalue weighted by Gasteiger charge is 2.32. The van der Waals surface area contributed by atoms with Crippen LogP contribution in [0, 0.1) is 0 Å². The highest BCUT2D eigenvalue weighted by Crippen LogP contribution is 2.39. The van der Waals surface area contributed by atoms with Crippen molar-refractivity contribution < 1.29 is 9.53 Å². The molecular formula is C22H23N3O2. The van der Waals surface area contributed by atoms with Crippen molar-refractivity contribution in [2.45, 2.75) is 33.2 Å². The monoisotopic (exact) mass is 361 g/mol. The second-order valence-electron chi connectivity index (χ2n) is 6.83. The van der Waals surface area contributed by atoms with Gasteiger partial charge >= 0.3 is 0 Å². The highest BCUT2D eigenvalue weighted by molar-refractivity contribution is 5.97. The SMILES string of the molecule is CCCOc1ccc(C2C(C(C)=O)=C(C)Nc3nc4ccccc4n32)cc1. The minimum absolute atomic E-state index is 0.0553. The highest BCUT2D eigenvalue weighted by atomic mass is 16.5. The molecule has 2 heterocycles. The molecule has 1 aliphatic rings. The number of hydrogen-bond acceptors (Lipinski definition) is 4. The largest absolute Gasteiger partial charge is 0.494 e. The predicted molar refractivity (Wildman–Crippen MR) is 107 cm³/mol. The second-order valence-corrected chi connectivity index (χ2v) is 6.83. The number of benzene rings is 2. The van der Waals surface area contributed by atoms with Crippen LogP contribution in [0.2, 0.25) is 0 Å². The maximum absolute atomic E-state index is 12.5. The molecule has 5 heteroatoms. The molecule has 1 aromatic heterocycles. The number of anilines is 1. The first-order chi connectivity index (χ1) is 13.1. The van der Waals surface area contributed by atoms with Crippen LogP contribution in [0.5, 0.6) is 5.75 Å². The van der Waals surface area contributed by atoms with E-state index in [9.17, 15) is 4.79 Å². The maximum atomic E-state index is 12.5. The van der Waals surface area contributed by atoms with Crippen LogP contribution in [0.15, 0.2) is 59.8 Å². The van der Waals surface area contributed by atoms with E-state index in [0.29, 0.717) is 6.61 Å². The van der Waals surface area contributed by atoms with E-state index >= 15 is 0 Å². The van der Waals surface area contributed by atoms with Crippen LogP contribution in [0.3, 0.4) is 0 Å². The second kappa shape index (κ2) is 6.91. The van der Waals surface area contributed by atoms with E-state index in [2.05, 4.69) is 16.8 Å². The summed E-state index contributed by atoms with van der Waals surface area (Å²) < 4.78 is 7.82. The van der Waals surface area contributed by atoms with E-state index in [1.165, 1.54) is 0 Å². The summed E-state index contributed by atoms with van der Waals surface area (Å²) in [4.78, 5) is 17.2. The quantitative estimate of drug-likeness (QED) is 0.715. The van der Waals surface area contributed by atoms with E-state index in [-0.39, 0.29) is 11.8 Å². The predicted octanol–water partition coefficient (Wildman–Crippen LogP) is 4.70. The topological polar surface area (TPSA) is 56.1 Å². The van der Waals surface area contributed by atoms with Crippen LogP contribution in [-0.4, -0.2) is 21.9 Å². The number of imidazole rings is 1. The Morgan fingerprint density at radius 2 is 1.93 bits per heavy atom. The molecule has 1 atom stereocenters. The van der Waals surface area contributed by atoms with Crippen molar-refractivity contribution in [1.29, 1.82) is 0 Å². The van der Waals surface area contributed by atoms with Gasteiger partial charge in [0, 0.05) is 11.3 Å². The van der Waals surface area contributed by atoms with Crippen molar-refractivity contribution in [3.63, 3.8) is 0 Å². The third kappa shape index (κ3) is 2.99. The lowest BCUT2D eigenvalue weighted by Crippen LogP contribution is -2.26. The summed E-state index contributed by atoms with van der Waals surface area (Å²) in [6, 6.07) is 15.8. The lowest BCUT2D eigenvalue weighted by atomic mass is 9.92. The molecule has 0 bridgehead atoms. The zero-order chi connectivity index (χ0) is 19.0. The number of aromatic nitrogens is 2. The van der Waals surface area contributed by atoms with Gasteiger partial charge in [-0.3, -0.25) is 9.36 Å². The van der Waals surface area contributed by atoms with Crippen LogP contribution in [0.25, 0.3) is 11.0 Å². The van der Waals surface area contributed by atoms with Crippen LogP contribution < -0.4 is 10.1 Å². The molecule has 1 unspecified atom stereocenters. The molecule has 2 aromatic carbocycles. The maximum Gasteiger partial charge on any atom is 0.209 e. The molecule has 0 saturated heterocycles. The van der Waals surface area contributed by atoms with Crippen molar-refractivity contribution in [2.24, 2.45) is 0 Å². The number of carbonyl (C=O) groups excluding carboxylic acids is 1. The average molecular weight is 361 g/mol. The van der Waals surface area contributed by atoms with Crippen LogP contribution in [0.1, 0.15) is 38.8 Å². The standard InChI is InChI=1S/C22H23N3O2/c1-4-13-27-17-11-9-16(10-12-17)21-20(15(3)26)14(2)23-22-24-18-7-5-6-8-19(18)25(21)22/h5-12,21H,4,13H2,1-3H3,(H,23,24). The average Bonchev–Trinajstić information content (AvgIpc) is 3.03. The van der Waals surface area contributed by atoms with Gasteiger partial charge < -0.3 is 10.1 Å². The van der Waals surface area contributed by atoms with Crippen molar-refractivity contribution >= 4 is 22.8 Å². The molecule has 0 aliphatic carbocycles. The van der Waals surface area contributed by atoms with Gasteiger partial charge in [0.25, 0.3) is 0 Å². The fourth-order valence-corrected chi connectivity index (χ4v) is 3.70. The number of ether oxygens (including phenoxy) is 1. The summed E-state index contributed by atoms with van der Waals surface area (Å²) in [5.41, 5.74) is 4.55. The Kier molecular flexibility index (Phi) is 4.44. The van der Waals surface area contributed by atoms with E-state index in [0.717, 1.165) is 46.0 Å². The number of allylic oxidation sites excluding steroid dienone is 2.